The fraction of sp³-hybridized carbons (Fsp3) is 0.250. The summed E-state index contributed by atoms with van der Waals surface area (Å²) in [5.41, 5.74) is 2.54. The molecule has 0 radical (unpaired) electrons. The summed E-state index contributed by atoms with van der Waals surface area (Å²) in [4.78, 5) is 0. The lowest BCUT2D eigenvalue weighted by Gasteiger charge is -2.13. The van der Waals surface area contributed by atoms with E-state index >= 15 is 0 Å². The van der Waals surface area contributed by atoms with Crippen molar-refractivity contribution in [3.63, 3.8) is 0 Å². The van der Waals surface area contributed by atoms with Gasteiger partial charge in [0.05, 0.1) is 10.6 Å². The molecular weight excluding hydrogens is 323 g/mol. The van der Waals surface area contributed by atoms with E-state index in [2.05, 4.69) is 15.9 Å². The maximum Gasteiger partial charge on any atom is 0.137 e. The van der Waals surface area contributed by atoms with Gasteiger partial charge in [-0.2, -0.15) is 0 Å². The molecular formula is C16H16BrFO2. The van der Waals surface area contributed by atoms with Crippen LogP contribution in [0.4, 0.5) is 4.39 Å². The van der Waals surface area contributed by atoms with Crippen molar-refractivity contribution in [3.05, 3.63) is 63.4 Å². The highest BCUT2D eigenvalue weighted by molar-refractivity contribution is 9.10. The van der Waals surface area contributed by atoms with Crippen molar-refractivity contribution < 1.29 is 14.2 Å². The Balaban J connectivity index is 2.13. The van der Waals surface area contributed by atoms with E-state index in [4.69, 9.17) is 4.74 Å². The number of benzene rings is 2. The van der Waals surface area contributed by atoms with Gasteiger partial charge < -0.3 is 9.84 Å². The molecule has 0 aliphatic heterocycles. The lowest BCUT2D eigenvalue weighted by Crippen LogP contribution is -2.00. The summed E-state index contributed by atoms with van der Waals surface area (Å²) < 4.78 is 19.5. The van der Waals surface area contributed by atoms with E-state index in [-0.39, 0.29) is 12.4 Å². The van der Waals surface area contributed by atoms with E-state index in [1.54, 1.807) is 13.0 Å². The molecule has 2 rings (SSSR count). The Hall–Kier alpha value is -1.39. The van der Waals surface area contributed by atoms with Gasteiger partial charge in [-0.1, -0.05) is 18.2 Å². The van der Waals surface area contributed by atoms with Crippen LogP contribution in [0.3, 0.4) is 0 Å². The van der Waals surface area contributed by atoms with Gasteiger partial charge in [-0.25, -0.2) is 4.39 Å². The molecule has 2 nitrogen and oxygen atoms in total. The van der Waals surface area contributed by atoms with E-state index in [1.807, 2.05) is 31.2 Å². The van der Waals surface area contributed by atoms with Gasteiger partial charge in [-0.3, -0.25) is 0 Å². The largest absolute Gasteiger partial charge is 0.489 e. The van der Waals surface area contributed by atoms with Gasteiger partial charge in [-0.05, 0) is 59.1 Å². The summed E-state index contributed by atoms with van der Waals surface area (Å²) in [7, 11) is 0. The van der Waals surface area contributed by atoms with Gasteiger partial charge in [0.1, 0.15) is 18.2 Å². The highest BCUT2D eigenvalue weighted by atomic mass is 79.9. The van der Waals surface area contributed by atoms with Gasteiger partial charge in [-0.15, -0.1) is 0 Å². The molecule has 1 unspecified atom stereocenters. The van der Waals surface area contributed by atoms with E-state index < -0.39 is 6.10 Å². The minimum absolute atomic E-state index is 0.285. The number of rotatable bonds is 4. The van der Waals surface area contributed by atoms with Gasteiger partial charge in [0.25, 0.3) is 0 Å². The topological polar surface area (TPSA) is 29.5 Å². The van der Waals surface area contributed by atoms with E-state index in [1.165, 1.54) is 6.07 Å². The van der Waals surface area contributed by atoms with Crippen LogP contribution in [0.15, 0.2) is 40.9 Å². The number of hydrogen-bond acceptors (Lipinski definition) is 2. The van der Waals surface area contributed by atoms with Crippen LogP contribution in [0.5, 0.6) is 5.75 Å². The number of aliphatic hydroxyl groups excluding tert-OH is 1. The Kier molecular flexibility index (Phi) is 4.78. The Morgan fingerprint density at radius 1 is 1.30 bits per heavy atom. The zero-order valence-corrected chi connectivity index (χ0v) is 12.9. The van der Waals surface area contributed by atoms with Crippen molar-refractivity contribution in [2.45, 2.75) is 26.6 Å². The SMILES string of the molecule is Cc1cc(C(C)O)ccc1OCc1cccc(F)c1Br. The molecule has 0 aliphatic carbocycles. The molecule has 106 valence electrons. The van der Waals surface area contributed by atoms with Crippen molar-refractivity contribution in [2.24, 2.45) is 0 Å². The van der Waals surface area contributed by atoms with E-state index in [0.29, 0.717) is 4.47 Å². The summed E-state index contributed by atoms with van der Waals surface area (Å²) in [6.45, 7) is 3.92. The molecule has 0 bridgehead atoms. The van der Waals surface area contributed by atoms with Crippen molar-refractivity contribution >= 4 is 15.9 Å². The highest BCUT2D eigenvalue weighted by Crippen LogP contribution is 2.26. The molecule has 0 saturated carbocycles. The van der Waals surface area contributed by atoms with E-state index in [0.717, 1.165) is 22.4 Å². The maximum absolute atomic E-state index is 13.4. The van der Waals surface area contributed by atoms with Gasteiger partial charge in [0.2, 0.25) is 0 Å². The Morgan fingerprint density at radius 2 is 2.05 bits per heavy atom. The van der Waals surface area contributed by atoms with Crippen LogP contribution in [0.2, 0.25) is 0 Å². The van der Waals surface area contributed by atoms with Crippen molar-refractivity contribution in [2.75, 3.05) is 0 Å². The quantitative estimate of drug-likeness (QED) is 0.887. The normalized spacial score (nSPS) is 12.2. The second kappa shape index (κ2) is 6.37. The number of halogens is 2. The summed E-state index contributed by atoms with van der Waals surface area (Å²) in [6.07, 6.45) is -0.500. The van der Waals surface area contributed by atoms with Crippen molar-refractivity contribution in [3.8, 4) is 5.75 Å². The third-order valence-corrected chi connectivity index (χ3v) is 3.98. The fourth-order valence-electron chi connectivity index (χ4n) is 1.91. The molecule has 0 heterocycles. The van der Waals surface area contributed by atoms with E-state index in [9.17, 15) is 9.50 Å². The van der Waals surface area contributed by atoms with Crippen molar-refractivity contribution in [1.82, 2.24) is 0 Å². The zero-order chi connectivity index (χ0) is 14.7. The summed E-state index contributed by atoms with van der Waals surface area (Å²) in [5.74, 6) is 0.429. The Morgan fingerprint density at radius 3 is 2.70 bits per heavy atom. The minimum atomic E-state index is -0.500. The summed E-state index contributed by atoms with van der Waals surface area (Å²) in [5, 5.41) is 9.53. The first-order valence-corrected chi connectivity index (χ1v) is 7.12. The van der Waals surface area contributed by atoms with Crippen LogP contribution in [-0.4, -0.2) is 5.11 Å². The number of aryl methyl sites for hydroxylation is 1. The lowest BCUT2D eigenvalue weighted by molar-refractivity contribution is 0.199. The maximum atomic E-state index is 13.4. The molecule has 0 aliphatic rings. The molecule has 2 aromatic carbocycles. The van der Waals surface area contributed by atoms with Crippen LogP contribution < -0.4 is 4.74 Å². The lowest BCUT2D eigenvalue weighted by atomic mass is 10.1. The third kappa shape index (κ3) is 3.38. The molecule has 1 N–H and O–H groups in total. The van der Waals surface area contributed by atoms with Crippen LogP contribution in [0.1, 0.15) is 29.7 Å². The number of hydrogen-bond donors (Lipinski definition) is 1. The molecule has 1 atom stereocenters. The van der Waals surface area contributed by atoms with Crippen LogP contribution in [-0.2, 0) is 6.61 Å². The molecule has 0 amide bonds. The van der Waals surface area contributed by atoms with Crippen LogP contribution in [0.25, 0.3) is 0 Å². The van der Waals surface area contributed by atoms with Crippen LogP contribution >= 0.6 is 15.9 Å². The average Bonchev–Trinajstić information content (AvgIpc) is 2.41. The standard InChI is InChI=1S/C16H16BrFO2/c1-10-8-12(11(2)19)6-7-15(10)20-9-13-4-3-5-14(18)16(13)17/h3-8,11,19H,9H2,1-2H3. The fourth-order valence-corrected chi connectivity index (χ4v) is 2.29. The van der Waals surface area contributed by atoms with Gasteiger partial charge in [0, 0.05) is 5.56 Å². The molecule has 2 aromatic rings. The number of aliphatic hydroxyl groups is 1. The zero-order valence-electron chi connectivity index (χ0n) is 11.4. The van der Waals surface area contributed by atoms with Crippen LogP contribution in [0, 0.1) is 12.7 Å². The second-order valence-electron chi connectivity index (χ2n) is 4.70. The highest BCUT2D eigenvalue weighted by Gasteiger charge is 2.08. The minimum Gasteiger partial charge on any atom is -0.489 e. The first kappa shape index (κ1) is 15.0. The molecule has 0 spiro atoms. The first-order valence-electron chi connectivity index (χ1n) is 6.33. The summed E-state index contributed by atoms with van der Waals surface area (Å²) >= 11 is 3.21. The van der Waals surface area contributed by atoms with Gasteiger partial charge >= 0.3 is 0 Å². The van der Waals surface area contributed by atoms with Crippen molar-refractivity contribution in [1.29, 1.82) is 0 Å². The second-order valence-corrected chi connectivity index (χ2v) is 5.50. The molecule has 0 fully saturated rings. The monoisotopic (exact) mass is 338 g/mol. The Labute approximate surface area is 126 Å². The average molecular weight is 339 g/mol. The van der Waals surface area contributed by atoms with Gasteiger partial charge in [0.15, 0.2) is 0 Å². The molecule has 0 aromatic heterocycles. The first-order chi connectivity index (χ1) is 9.49. The molecule has 20 heavy (non-hydrogen) atoms. The predicted octanol–water partition coefficient (Wildman–Crippen LogP) is 4.53. The molecule has 4 heteroatoms. The smallest absolute Gasteiger partial charge is 0.137 e. The molecule has 0 saturated heterocycles. The number of ether oxygens (including phenoxy) is 1. The Bertz CT molecular complexity index is 611. The predicted molar refractivity (Wildman–Crippen MR) is 80.2 cm³/mol. The summed E-state index contributed by atoms with van der Waals surface area (Å²) in [6, 6.07) is 10.4. The third-order valence-electron chi connectivity index (χ3n) is 3.10.